The Labute approximate surface area is 200 Å². The van der Waals surface area contributed by atoms with Gasteiger partial charge in [0.05, 0.1) is 24.0 Å². The summed E-state index contributed by atoms with van der Waals surface area (Å²) in [6.07, 6.45) is 5.51. The molecule has 1 aliphatic rings. The first-order valence-corrected chi connectivity index (χ1v) is 11.5. The van der Waals surface area contributed by atoms with E-state index in [1.165, 1.54) is 0 Å². The molecular formula is C26H30N6O2. The summed E-state index contributed by atoms with van der Waals surface area (Å²) in [4.78, 5) is 41.6. The normalized spacial score (nSPS) is 15.8. The Morgan fingerprint density at radius 2 is 1.88 bits per heavy atom. The molecule has 0 saturated carbocycles. The van der Waals surface area contributed by atoms with Crippen molar-refractivity contribution in [2.24, 2.45) is 0 Å². The van der Waals surface area contributed by atoms with Gasteiger partial charge in [0, 0.05) is 56.3 Å². The summed E-state index contributed by atoms with van der Waals surface area (Å²) in [7, 11) is 0. The van der Waals surface area contributed by atoms with Gasteiger partial charge in [-0.1, -0.05) is 6.07 Å². The van der Waals surface area contributed by atoms with Gasteiger partial charge in [-0.25, -0.2) is 4.98 Å². The Balaban J connectivity index is 1.35. The van der Waals surface area contributed by atoms with Crippen molar-refractivity contribution in [1.29, 1.82) is 0 Å². The lowest BCUT2D eigenvalue weighted by Crippen LogP contribution is -2.53. The first-order valence-electron chi connectivity index (χ1n) is 11.5. The van der Waals surface area contributed by atoms with E-state index >= 15 is 0 Å². The van der Waals surface area contributed by atoms with Crippen LogP contribution < -0.4 is 10.2 Å². The fourth-order valence-electron chi connectivity index (χ4n) is 4.40. The van der Waals surface area contributed by atoms with E-state index in [2.05, 4.69) is 32.1 Å². The maximum Gasteiger partial charge on any atom is 0.230 e. The molecule has 3 aromatic heterocycles. The van der Waals surface area contributed by atoms with E-state index in [1.54, 1.807) is 25.5 Å². The minimum absolute atomic E-state index is 0.107. The van der Waals surface area contributed by atoms with E-state index in [9.17, 15) is 9.59 Å². The third-order valence-corrected chi connectivity index (χ3v) is 6.08. The molecule has 0 radical (unpaired) electrons. The van der Waals surface area contributed by atoms with Crippen LogP contribution in [-0.2, 0) is 16.0 Å². The molecule has 8 heteroatoms. The number of aryl methyl sites for hydroxylation is 2. The Morgan fingerprint density at radius 1 is 1.06 bits per heavy atom. The van der Waals surface area contributed by atoms with E-state index < -0.39 is 0 Å². The first-order chi connectivity index (χ1) is 16.3. The largest absolute Gasteiger partial charge is 0.366 e. The maximum atomic E-state index is 12.6. The van der Waals surface area contributed by atoms with Crippen LogP contribution in [0, 0.1) is 13.8 Å². The highest BCUT2D eigenvalue weighted by Crippen LogP contribution is 2.23. The smallest absolute Gasteiger partial charge is 0.230 e. The minimum Gasteiger partial charge on any atom is -0.366 e. The summed E-state index contributed by atoms with van der Waals surface area (Å²) in [6, 6.07) is 9.85. The predicted molar refractivity (Wildman–Crippen MR) is 133 cm³/mol. The second kappa shape index (κ2) is 9.99. The predicted octanol–water partition coefficient (Wildman–Crippen LogP) is 3.39. The SMILES string of the molecule is CC(=O)N1CCN(c2ccc(NC(=O)Cc3cnc(-c4ccnc(C)c4)c(C)c3)nc2)C[C@H]1C. The molecule has 2 amide bonds. The zero-order valence-corrected chi connectivity index (χ0v) is 20.1. The van der Waals surface area contributed by atoms with Gasteiger partial charge in [0.25, 0.3) is 0 Å². The molecule has 3 aromatic rings. The summed E-state index contributed by atoms with van der Waals surface area (Å²) in [6.45, 7) is 9.83. The average molecular weight is 459 g/mol. The molecular weight excluding hydrogens is 428 g/mol. The molecule has 4 rings (SSSR count). The van der Waals surface area contributed by atoms with Crippen LogP contribution >= 0.6 is 0 Å². The van der Waals surface area contributed by atoms with Crippen molar-refractivity contribution in [3.63, 3.8) is 0 Å². The Bertz CT molecular complexity index is 1190. The van der Waals surface area contributed by atoms with Gasteiger partial charge >= 0.3 is 0 Å². The Kier molecular flexibility index (Phi) is 6.86. The summed E-state index contributed by atoms with van der Waals surface area (Å²) in [5.74, 6) is 0.478. The topological polar surface area (TPSA) is 91.3 Å². The van der Waals surface area contributed by atoms with Gasteiger partial charge in [-0.3, -0.25) is 19.6 Å². The van der Waals surface area contributed by atoms with Crippen LogP contribution in [0.2, 0.25) is 0 Å². The van der Waals surface area contributed by atoms with Crippen LogP contribution in [0.25, 0.3) is 11.3 Å². The van der Waals surface area contributed by atoms with E-state index in [4.69, 9.17) is 0 Å². The van der Waals surface area contributed by atoms with Crippen LogP contribution in [0.5, 0.6) is 0 Å². The molecule has 1 aliphatic heterocycles. The van der Waals surface area contributed by atoms with Gasteiger partial charge in [0.2, 0.25) is 11.8 Å². The Hall–Kier alpha value is -3.81. The highest BCUT2D eigenvalue weighted by Gasteiger charge is 2.25. The van der Waals surface area contributed by atoms with E-state index in [0.29, 0.717) is 12.4 Å². The average Bonchev–Trinajstić information content (AvgIpc) is 2.79. The molecule has 34 heavy (non-hydrogen) atoms. The molecule has 1 fully saturated rings. The van der Waals surface area contributed by atoms with Crippen molar-refractivity contribution in [1.82, 2.24) is 19.9 Å². The summed E-state index contributed by atoms with van der Waals surface area (Å²) in [5.41, 5.74) is 5.69. The minimum atomic E-state index is -0.141. The molecule has 0 bridgehead atoms. The van der Waals surface area contributed by atoms with Crippen molar-refractivity contribution in [2.75, 3.05) is 29.9 Å². The van der Waals surface area contributed by atoms with Crippen LogP contribution in [0.3, 0.4) is 0 Å². The van der Waals surface area contributed by atoms with Crippen molar-refractivity contribution in [3.8, 4) is 11.3 Å². The van der Waals surface area contributed by atoms with E-state index in [1.807, 2.05) is 49.1 Å². The quantitative estimate of drug-likeness (QED) is 0.630. The van der Waals surface area contributed by atoms with Crippen LogP contribution in [0.1, 0.15) is 30.7 Å². The lowest BCUT2D eigenvalue weighted by atomic mass is 10.0. The number of anilines is 2. The molecule has 8 nitrogen and oxygen atoms in total. The number of piperazine rings is 1. The van der Waals surface area contributed by atoms with Crippen LogP contribution in [-0.4, -0.2) is 57.3 Å². The van der Waals surface area contributed by atoms with Gasteiger partial charge in [-0.2, -0.15) is 0 Å². The first kappa shape index (κ1) is 23.4. The lowest BCUT2D eigenvalue weighted by Gasteiger charge is -2.40. The van der Waals surface area contributed by atoms with Gasteiger partial charge in [0.15, 0.2) is 0 Å². The number of pyridine rings is 3. The molecule has 4 heterocycles. The van der Waals surface area contributed by atoms with Crippen molar-refractivity contribution < 1.29 is 9.59 Å². The van der Waals surface area contributed by atoms with Crippen molar-refractivity contribution >= 4 is 23.3 Å². The van der Waals surface area contributed by atoms with E-state index in [-0.39, 0.29) is 24.3 Å². The number of rotatable bonds is 5. The van der Waals surface area contributed by atoms with E-state index in [0.717, 1.165) is 46.9 Å². The third kappa shape index (κ3) is 5.39. The molecule has 176 valence electrons. The molecule has 0 aromatic carbocycles. The fraction of sp³-hybridized carbons (Fsp3) is 0.346. The second-order valence-electron chi connectivity index (χ2n) is 8.83. The summed E-state index contributed by atoms with van der Waals surface area (Å²) >= 11 is 0. The number of aromatic nitrogens is 3. The summed E-state index contributed by atoms with van der Waals surface area (Å²) < 4.78 is 0. The molecule has 0 unspecified atom stereocenters. The molecule has 0 spiro atoms. The highest BCUT2D eigenvalue weighted by molar-refractivity contribution is 5.91. The fourth-order valence-corrected chi connectivity index (χ4v) is 4.40. The summed E-state index contributed by atoms with van der Waals surface area (Å²) in [5, 5.41) is 2.87. The Morgan fingerprint density at radius 3 is 2.53 bits per heavy atom. The monoisotopic (exact) mass is 458 g/mol. The number of hydrogen-bond donors (Lipinski definition) is 1. The van der Waals surface area contributed by atoms with Gasteiger partial charge in [-0.05, 0) is 56.2 Å². The zero-order valence-electron chi connectivity index (χ0n) is 20.1. The van der Waals surface area contributed by atoms with Crippen LogP contribution in [0.4, 0.5) is 11.5 Å². The van der Waals surface area contributed by atoms with Gasteiger partial charge < -0.3 is 15.1 Å². The number of carbonyl (C=O) groups excluding carboxylic acids is 2. The molecule has 1 N–H and O–H groups in total. The second-order valence-corrected chi connectivity index (χ2v) is 8.83. The number of carbonyl (C=O) groups is 2. The lowest BCUT2D eigenvalue weighted by molar-refractivity contribution is -0.131. The number of nitrogens with zero attached hydrogens (tertiary/aromatic N) is 5. The molecule has 0 aliphatic carbocycles. The highest BCUT2D eigenvalue weighted by atomic mass is 16.2. The van der Waals surface area contributed by atoms with Gasteiger partial charge in [-0.15, -0.1) is 0 Å². The number of nitrogens with one attached hydrogen (secondary N) is 1. The zero-order chi connectivity index (χ0) is 24.2. The standard InChI is InChI=1S/C26H30N6O2/c1-17-11-21(14-29-26(17)22-7-8-27-18(2)12-22)13-25(34)30-24-6-5-23(15-28-24)31-9-10-32(20(4)33)19(3)16-31/h5-8,11-12,14-15,19H,9-10,13,16H2,1-4H3,(H,28,30,34)/t19-/m1/s1. The van der Waals surface area contributed by atoms with Gasteiger partial charge in [0.1, 0.15) is 5.82 Å². The van der Waals surface area contributed by atoms with Crippen molar-refractivity contribution in [2.45, 2.75) is 40.2 Å². The number of hydrogen-bond acceptors (Lipinski definition) is 6. The van der Waals surface area contributed by atoms with Crippen LogP contribution in [0.15, 0.2) is 48.9 Å². The molecule has 1 atom stereocenters. The maximum absolute atomic E-state index is 12.6. The number of amides is 2. The molecule has 1 saturated heterocycles. The third-order valence-electron chi connectivity index (χ3n) is 6.08. The van der Waals surface area contributed by atoms with Crippen molar-refractivity contribution in [3.05, 3.63) is 65.7 Å².